The van der Waals surface area contributed by atoms with Crippen molar-refractivity contribution in [1.29, 1.82) is 0 Å². The van der Waals surface area contributed by atoms with Crippen molar-refractivity contribution in [2.75, 3.05) is 32.7 Å². The van der Waals surface area contributed by atoms with Gasteiger partial charge in [0.2, 0.25) is 11.8 Å². The molecular weight excluding hydrogens is 220 g/mol. The lowest BCUT2D eigenvalue weighted by Crippen LogP contribution is -2.58. The summed E-state index contributed by atoms with van der Waals surface area (Å²) in [5, 5.41) is 5.93. The first kappa shape index (κ1) is 13.9. The van der Waals surface area contributed by atoms with Crippen molar-refractivity contribution in [3.63, 3.8) is 0 Å². The highest BCUT2D eigenvalue weighted by atomic mass is 16.2. The van der Waals surface area contributed by atoms with Crippen LogP contribution in [0.3, 0.4) is 0 Å². The molecule has 2 amide bonds. The molecule has 1 fully saturated rings. The zero-order valence-corrected chi connectivity index (χ0v) is 10.4. The van der Waals surface area contributed by atoms with Gasteiger partial charge in [-0.25, -0.2) is 0 Å². The van der Waals surface area contributed by atoms with Gasteiger partial charge in [0.1, 0.15) is 6.04 Å². The summed E-state index contributed by atoms with van der Waals surface area (Å²) in [5.41, 5.74) is 5.30. The van der Waals surface area contributed by atoms with Crippen molar-refractivity contribution in [2.24, 2.45) is 5.73 Å². The summed E-state index contributed by atoms with van der Waals surface area (Å²) < 4.78 is 0. The molecule has 1 aliphatic rings. The minimum atomic E-state index is -0.376. The van der Waals surface area contributed by atoms with Gasteiger partial charge >= 0.3 is 0 Å². The van der Waals surface area contributed by atoms with Gasteiger partial charge in [0.15, 0.2) is 0 Å². The fourth-order valence-electron chi connectivity index (χ4n) is 1.86. The molecule has 1 unspecified atom stereocenters. The number of hydrogen-bond acceptors (Lipinski definition) is 4. The predicted octanol–water partition coefficient (Wildman–Crippen LogP) is -1.34. The highest BCUT2D eigenvalue weighted by molar-refractivity contribution is 5.82. The molecule has 0 aromatic heterocycles. The van der Waals surface area contributed by atoms with Crippen LogP contribution >= 0.6 is 0 Å². The van der Waals surface area contributed by atoms with Crippen molar-refractivity contribution in [3.8, 4) is 0 Å². The van der Waals surface area contributed by atoms with Gasteiger partial charge in [-0.05, 0) is 6.42 Å². The van der Waals surface area contributed by atoms with E-state index in [1.54, 1.807) is 0 Å². The number of carbonyl (C=O) groups excluding carboxylic acids is 2. The van der Waals surface area contributed by atoms with Gasteiger partial charge < -0.3 is 16.4 Å². The van der Waals surface area contributed by atoms with E-state index in [0.29, 0.717) is 19.6 Å². The third kappa shape index (κ3) is 4.70. The fourth-order valence-corrected chi connectivity index (χ4v) is 1.86. The third-order valence-electron chi connectivity index (χ3n) is 2.88. The number of nitrogens with zero attached hydrogens (tertiary/aromatic N) is 1. The van der Waals surface area contributed by atoms with Crippen molar-refractivity contribution >= 4 is 11.8 Å². The van der Waals surface area contributed by atoms with Crippen LogP contribution in [0.4, 0.5) is 0 Å². The maximum absolute atomic E-state index is 11.6. The molecule has 4 N–H and O–H groups in total. The lowest BCUT2D eigenvalue weighted by atomic mass is 10.2. The van der Waals surface area contributed by atoms with E-state index in [2.05, 4.69) is 17.6 Å². The molecule has 0 saturated carbocycles. The summed E-state index contributed by atoms with van der Waals surface area (Å²) in [7, 11) is 0. The van der Waals surface area contributed by atoms with Gasteiger partial charge in [0.25, 0.3) is 0 Å². The molecular formula is C11H22N4O2. The van der Waals surface area contributed by atoms with Crippen molar-refractivity contribution in [1.82, 2.24) is 15.5 Å². The Kier molecular flexibility index (Phi) is 5.93. The molecule has 98 valence electrons. The zero-order chi connectivity index (χ0) is 12.7. The SMILES string of the molecule is CCCCNC(=O)CN1CCNCC1C(N)=O. The summed E-state index contributed by atoms with van der Waals surface area (Å²) in [5.74, 6) is -0.412. The lowest BCUT2D eigenvalue weighted by molar-refractivity contribution is -0.127. The van der Waals surface area contributed by atoms with E-state index in [1.807, 2.05) is 4.90 Å². The van der Waals surface area contributed by atoms with Crippen LogP contribution in [0.5, 0.6) is 0 Å². The van der Waals surface area contributed by atoms with E-state index in [1.165, 1.54) is 0 Å². The topological polar surface area (TPSA) is 87.5 Å². The second kappa shape index (κ2) is 7.24. The summed E-state index contributed by atoms with van der Waals surface area (Å²) in [6, 6.07) is -0.374. The van der Waals surface area contributed by atoms with Gasteiger partial charge in [-0.3, -0.25) is 14.5 Å². The van der Waals surface area contributed by atoms with Crippen LogP contribution in [0.1, 0.15) is 19.8 Å². The molecule has 1 aliphatic heterocycles. The summed E-state index contributed by atoms with van der Waals surface area (Å²) in [6.45, 7) is 5.01. The standard InChI is InChI=1S/C11H22N4O2/c1-2-3-4-14-10(16)8-15-6-5-13-7-9(15)11(12)17/h9,13H,2-8H2,1H3,(H2,12,17)(H,14,16). The van der Waals surface area contributed by atoms with Crippen LogP contribution in [0.25, 0.3) is 0 Å². The number of rotatable bonds is 6. The highest BCUT2D eigenvalue weighted by Gasteiger charge is 2.27. The first-order valence-electron chi connectivity index (χ1n) is 6.16. The number of unbranched alkanes of at least 4 members (excludes halogenated alkanes) is 1. The van der Waals surface area contributed by atoms with Crippen LogP contribution < -0.4 is 16.4 Å². The van der Waals surface area contributed by atoms with Crippen molar-refractivity contribution in [2.45, 2.75) is 25.8 Å². The molecule has 17 heavy (non-hydrogen) atoms. The normalized spacial score (nSPS) is 21.1. The van der Waals surface area contributed by atoms with E-state index < -0.39 is 0 Å². The molecule has 0 aliphatic carbocycles. The quantitative estimate of drug-likeness (QED) is 0.503. The number of hydrogen-bond donors (Lipinski definition) is 3. The average molecular weight is 242 g/mol. The number of nitrogens with two attached hydrogens (primary N) is 1. The average Bonchev–Trinajstić information content (AvgIpc) is 2.29. The molecule has 1 heterocycles. The van der Waals surface area contributed by atoms with Crippen LogP contribution in [-0.4, -0.2) is 55.5 Å². The van der Waals surface area contributed by atoms with Crippen LogP contribution in [0.2, 0.25) is 0 Å². The Labute approximate surface area is 102 Å². The van der Waals surface area contributed by atoms with E-state index in [4.69, 9.17) is 5.73 Å². The van der Waals surface area contributed by atoms with Gasteiger partial charge in [0, 0.05) is 26.2 Å². The number of piperazine rings is 1. The van der Waals surface area contributed by atoms with E-state index in [-0.39, 0.29) is 24.4 Å². The molecule has 0 aromatic carbocycles. The van der Waals surface area contributed by atoms with E-state index >= 15 is 0 Å². The first-order valence-corrected chi connectivity index (χ1v) is 6.16. The fraction of sp³-hybridized carbons (Fsp3) is 0.818. The van der Waals surface area contributed by atoms with Gasteiger partial charge in [0.05, 0.1) is 6.54 Å². The first-order chi connectivity index (χ1) is 8.15. The van der Waals surface area contributed by atoms with E-state index in [9.17, 15) is 9.59 Å². The van der Waals surface area contributed by atoms with Crippen molar-refractivity contribution in [3.05, 3.63) is 0 Å². The summed E-state index contributed by atoms with van der Waals surface area (Å²) in [4.78, 5) is 24.7. The highest BCUT2D eigenvalue weighted by Crippen LogP contribution is 2.02. The third-order valence-corrected chi connectivity index (χ3v) is 2.88. The summed E-state index contributed by atoms with van der Waals surface area (Å²) >= 11 is 0. The molecule has 6 nitrogen and oxygen atoms in total. The molecule has 1 rings (SSSR count). The largest absolute Gasteiger partial charge is 0.368 e. The number of nitrogens with one attached hydrogen (secondary N) is 2. The van der Waals surface area contributed by atoms with Crippen molar-refractivity contribution < 1.29 is 9.59 Å². The smallest absolute Gasteiger partial charge is 0.236 e. The molecule has 6 heteroatoms. The molecule has 1 atom stereocenters. The minimum Gasteiger partial charge on any atom is -0.368 e. The lowest BCUT2D eigenvalue weighted by Gasteiger charge is -2.33. The van der Waals surface area contributed by atoms with Gasteiger partial charge in [-0.2, -0.15) is 0 Å². The van der Waals surface area contributed by atoms with E-state index in [0.717, 1.165) is 19.4 Å². The molecule has 0 bridgehead atoms. The van der Waals surface area contributed by atoms with Gasteiger partial charge in [-0.15, -0.1) is 0 Å². The number of primary amides is 1. The summed E-state index contributed by atoms with van der Waals surface area (Å²) in [6.07, 6.45) is 2.03. The maximum Gasteiger partial charge on any atom is 0.236 e. The minimum absolute atomic E-state index is 0.0356. The Hall–Kier alpha value is -1.14. The Morgan fingerprint density at radius 2 is 2.29 bits per heavy atom. The van der Waals surface area contributed by atoms with Gasteiger partial charge in [-0.1, -0.05) is 13.3 Å². The Bertz CT molecular complexity index is 270. The Balaban J connectivity index is 2.36. The molecule has 0 spiro atoms. The molecule has 0 aromatic rings. The predicted molar refractivity (Wildman–Crippen MR) is 65.3 cm³/mol. The molecule has 1 saturated heterocycles. The second-order valence-electron chi connectivity index (χ2n) is 4.30. The molecule has 0 radical (unpaired) electrons. The second-order valence-corrected chi connectivity index (χ2v) is 4.30. The maximum atomic E-state index is 11.6. The Morgan fingerprint density at radius 1 is 1.53 bits per heavy atom. The zero-order valence-electron chi connectivity index (χ0n) is 10.4. The van der Waals surface area contributed by atoms with Crippen LogP contribution in [-0.2, 0) is 9.59 Å². The number of amides is 2. The van der Waals surface area contributed by atoms with Crippen LogP contribution in [0.15, 0.2) is 0 Å². The Morgan fingerprint density at radius 3 is 2.94 bits per heavy atom. The van der Waals surface area contributed by atoms with Crippen LogP contribution in [0, 0.1) is 0 Å². The number of carbonyl (C=O) groups is 2. The monoisotopic (exact) mass is 242 g/mol.